The molecule has 0 heterocycles. The second-order valence-corrected chi connectivity index (χ2v) is 8.73. The first-order chi connectivity index (χ1) is 12.6. The molecular weight excluding hydrogens is 346 g/mol. The summed E-state index contributed by atoms with van der Waals surface area (Å²) in [4.78, 5) is 4.63. The summed E-state index contributed by atoms with van der Waals surface area (Å²) in [6.45, 7) is 8.10. The number of benzene rings is 1. The summed E-state index contributed by atoms with van der Waals surface area (Å²) in [7, 11) is -0.703. The number of aryl methyl sites for hydroxylation is 1. The highest BCUT2D eigenvalue weighted by molar-refractivity contribution is 7.85. The Morgan fingerprint density at radius 3 is 2.92 bits per heavy atom. The van der Waals surface area contributed by atoms with Crippen LogP contribution in [0.3, 0.4) is 0 Å². The summed E-state index contributed by atoms with van der Waals surface area (Å²) < 4.78 is 17.9. The van der Waals surface area contributed by atoms with Gasteiger partial charge in [0.15, 0.2) is 5.96 Å². The fourth-order valence-corrected chi connectivity index (χ4v) is 4.64. The first kappa shape index (κ1) is 20.7. The van der Waals surface area contributed by atoms with Crippen molar-refractivity contribution in [2.45, 2.75) is 57.7 Å². The van der Waals surface area contributed by atoms with Crippen molar-refractivity contribution in [1.82, 2.24) is 10.6 Å². The van der Waals surface area contributed by atoms with Crippen molar-refractivity contribution in [3.05, 3.63) is 29.8 Å². The van der Waals surface area contributed by atoms with Gasteiger partial charge in [-0.05, 0) is 50.8 Å². The summed E-state index contributed by atoms with van der Waals surface area (Å²) in [6, 6.07) is 8.40. The number of ether oxygens (including phenoxy) is 1. The molecule has 3 atom stereocenters. The van der Waals surface area contributed by atoms with Crippen LogP contribution in [0, 0.1) is 6.92 Å². The molecule has 0 amide bonds. The van der Waals surface area contributed by atoms with Gasteiger partial charge in [-0.25, -0.2) is 4.99 Å². The molecule has 1 saturated carbocycles. The Morgan fingerprint density at radius 2 is 2.19 bits per heavy atom. The van der Waals surface area contributed by atoms with Crippen LogP contribution < -0.4 is 15.4 Å². The topological polar surface area (TPSA) is 62.7 Å². The number of guanidine groups is 1. The molecule has 1 aliphatic carbocycles. The van der Waals surface area contributed by atoms with Crippen LogP contribution in [0.1, 0.15) is 45.1 Å². The molecule has 3 unspecified atom stereocenters. The van der Waals surface area contributed by atoms with E-state index >= 15 is 0 Å². The first-order valence-corrected chi connectivity index (χ1v) is 11.1. The average molecular weight is 380 g/mol. The van der Waals surface area contributed by atoms with E-state index in [4.69, 9.17) is 4.74 Å². The van der Waals surface area contributed by atoms with Gasteiger partial charge in [0.25, 0.3) is 0 Å². The highest BCUT2D eigenvalue weighted by Crippen LogP contribution is 2.23. The molecule has 1 aromatic carbocycles. The van der Waals surface area contributed by atoms with E-state index in [0.29, 0.717) is 24.4 Å². The molecule has 0 bridgehead atoms. The summed E-state index contributed by atoms with van der Waals surface area (Å²) in [5.41, 5.74) is 1.19. The first-order valence-electron chi connectivity index (χ1n) is 9.73. The Balaban J connectivity index is 1.82. The lowest BCUT2D eigenvalue weighted by molar-refractivity contribution is 0.328. The zero-order valence-electron chi connectivity index (χ0n) is 16.3. The van der Waals surface area contributed by atoms with Gasteiger partial charge in [0.05, 0.1) is 6.54 Å². The summed E-state index contributed by atoms with van der Waals surface area (Å²) in [6.07, 6.45) is 4.28. The van der Waals surface area contributed by atoms with Crippen molar-refractivity contribution in [2.24, 2.45) is 4.99 Å². The maximum Gasteiger partial charge on any atom is 0.191 e. The molecule has 2 rings (SSSR count). The van der Waals surface area contributed by atoms with Crippen LogP contribution in [0.2, 0.25) is 0 Å². The minimum absolute atomic E-state index is 0.318. The Morgan fingerprint density at radius 1 is 1.35 bits per heavy atom. The minimum Gasteiger partial charge on any atom is -0.492 e. The Labute approximate surface area is 160 Å². The number of rotatable bonds is 8. The highest BCUT2D eigenvalue weighted by atomic mass is 32.2. The van der Waals surface area contributed by atoms with Gasteiger partial charge in [-0.15, -0.1) is 0 Å². The number of hydrogen-bond donors (Lipinski definition) is 2. The third kappa shape index (κ3) is 6.98. The maximum atomic E-state index is 12.1. The van der Waals surface area contributed by atoms with Crippen molar-refractivity contribution in [3.63, 3.8) is 0 Å². The van der Waals surface area contributed by atoms with Crippen LogP contribution in [0.25, 0.3) is 0 Å². The van der Waals surface area contributed by atoms with Crippen molar-refractivity contribution in [3.8, 4) is 5.75 Å². The van der Waals surface area contributed by atoms with Gasteiger partial charge in [0, 0.05) is 34.4 Å². The number of hydrogen-bond acceptors (Lipinski definition) is 3. The fraction of sp³-hybridized carbons (Fsp3) is 0.650. The van der Waals surface area contributed by atoms with Crippen molar-refractivity contribution in [2.75, 3.05) is 25.4 Å². The third-order valence-corrected chi connectivity index (χ3v) is 6.33. The predicted molar refractivity (Wildman–Crippen MR) is 111 cm³/mol. The normalized spacial score (nSPS) is 21.9. The SMILES string of the molecule is CCNC(=NCCOc1cccc(C)c1)NC1CCCC(S(=O)CC)C1. The molecular formula is C20H33N3O2S. The van der Waals surface area contributed by atoms with E-state index in [0.717, 1.165) is 49.7 Å². The van der Waals surface area contributed by atoms with Gasteiger partial charge in [-0.3, -0.25) is 4.21 Å². The van der Waals surface area contributed by atoms with Crippen LogP contribution in [-0.4, -0.2) is 46.9 Å². The minimum atomic E-state index is -0.703. The zero-order valence-corrected chi connectivity index (χ0v) is 17.1. The number of nitrogens with one attached hydrogen (secondary N) is 2. The number of aliphatic imine (C=N–C) groups is 1. The van der Waals surface area contributed by atoms with Gasteiger partial charge >= 0.3 is 0 Å². The molecule has 5 nitrogen and oxygen atoms in total. The van der Waals surface area contributed by atoms with Gasteiger partial charge in [-0.1, -0.05) is 25.5 Å². The molecule has 2 N–H and O–H groups in total. The van der Waals surface area contributed by atoms with Gasteiger partial charge in [0.2, 0.25) is 0 Å². The van der Waals surface area contributed by atoms with Crippen LogP contribution in [-0.2, 0) is 10.8 Å². The van der Waals surface area contributed by atoms with E-state index in [1.807, 2.05) is 25.1 Å². The second kappa shape index (κ2) is 11.2. The van der Waals surface area contributed by atoms with Gasteiger partial charge in [0.1, 0.15) is 12.4 Å². The second-order valence-electron chi connectivity index (χ2n) is 6.72. The van der Waals surface area contributed by atoms with Crippen molar-refractivity contribution >= 4 is 16.8 Å². The highest BCUT2D eigenvalue weighted by Gasteiger charge is 2.25. The van der Waals surface area contributed by atoms with E-state index in [1.165, 1.54) is 5.56 Å². The fourth-order valence-electron chi connectivity index (χ4n) is 3.29. The van der Waals surface area contributed by atoms with Gasteiger partial charge in [-0.2, -0.15) is 0 Å². The largest absolute Gasteiger partial charge is 0.492 e. The van der Waals surface area contributed by atoms with Crippen LogP contribution >= 0.6 is 0 Å². The van der Waals surface area contributed by atoms with Crippen molar-refractivity contribution in [1.29, 1.82) is 0 Å². The molecule has 1 aromatic rings. The van der Waals surface area contributed by atoms with E-state index < -0.39 is 10.8 Å². The van der Waals surface area contributed by atoms with E-state index in [2.05, 4.69) is 35.5 Å². The summed E-state index contributed by atoms with van der Waals surface area (Å²) >= 11 is 0. The van der Waals surface area contributed by atoms with Crippen LogP contribution in [0.4, 0.5) is 0 Å². The number of nitrogens with zero attached hydrogens (tertiary/aromatic N) is 1. The summed E-state index contributed by atoms with van der Waals surface area (Å²) in [5.74, 6) is 2.46. The quantitative estimate of drug-likeness (QED) is 0.414. The molecule has 1 fully saturated rings. The van der Waals surface area contributed by atoms with Crippen LogP contribution in [0.15, 0.2) is 29.3 Å². The monoisotopic (exact) mass is 379 g/mol. The standard InChI is InChI=1S/C20H33N3O2S/c1-4-21-20(22-12-13-25-18-10-6-8-16(3)14-18)23-17-9-7-11-19(15-17)26(24)5-2/h6,8,10,14,17,19H,4-5,7,9,11-13,15H2,1-3H3,(H2,21,22,23). The molecule has 0 spiro atoms. The molecule has 6 heteroatoms. The average Bonchev–Trinajstić information content (AvgIpc) is 2.65. The van der Waals surface area contributed by atoms with Gasteiger partial charge < -0.3 is 15.4 Å². The lowest BCUT2D eigenvalue weighted by atomic mass is 9.95. The van der Waals surface area contributed by atoms with Crippen molar-refractivity contribution < 1.29 is 8.95 Å². The molecule has 146 valence electrons. The lowest BCUT2D eigenvalue weighted by Crippen LogP contribution is -2.46. The van der Waals surface area contributed by atoms with E-state index in [1.54, 1.807) is 0 Å². The van der Waals surface area contributed by atoms with E-state index in [-0.39, 0.29) is 0 Å². The molecule has 1 aliphatic rings. The van der Waals surface area contributed by atoms with Crippen LogP contribution in [0.5, 0.6) is 5.75 Å². The Kier molecular flexibility index (Phi) is 8.95. The lowest BCUT2D eigenvalue weighted by Gasteiger charge is -2.30. The zero-order chi connectivity index (χ0) is 18.8. The van der Waals surface area contributed by atoms with E-state index in [9.17, 15) is 4.21 Å². The molecule has 0 saturated heterocycles. The maximum absolute atomic E-state index is 12.1. The predicted octanol–water partition coefficient (Wildman–Crippen LogP) is 3.01. The Hall–Kier alpha value is -1.56. The third-order valence-electron chi connectivity index (χ3n) is 4.59. The molecule has 0 aromatic heterocycles. The Bertz CT molecular complexity index is 606. The molecule has 26 heavy (non-hydrogen) atoms. The molecule has 0 aliphatic heterocycles. The smallest absolute Gasteiger partial charge is 0.191 e. The molecule has 0 radical (unpaired) electrons. The summed E-state index contributed by atoms with van der Waals surface area (Å²) in [5, 5.41) is 7.14.